The van der Waals surface area contributed by atoms with E-state index in [1.165, 1.54) is 4.68 Å². The van der Waals surface area contributed by atoms with E-state index in [9.17, 15) is 4.79 Å². The lowest BCUT2D eigenvalue weighted by molar-refractivity contribution is 0.266. The summed E-state index contributed by atoms with van der Waals surface area (Å²) in [6, 6.07) is 30.2. The van der Waals surface area contributed by atoms with E-state index < -0.39 is 0 Å². The third-order valence-electron chi connectivity index (χ3n) is 5.82. The molecule has 0 fully saturated rings. The van der Waals surface area contributed by atoms with Gasteiger partial charge in [0, 0.05) is 11.1 Å². The molecule has 184 valence electrons. The summed E-state index contributed by atoms with van der Waals surface area (Å²) in [4.78, 5) is 18.1. The van der Waals surface area contributed by atoms with Crippen LogP contribution in [0.5, 0.6) is 17.2 Å². The summed E-state index contributed by atoms with van der Waals surface area (Å²) >= 11 is 0. The first kappa shape index (κ1) is 23.8. The Balaban J connectivity index is 1.55. The molecule has 7 heteroatoms. The number of aromatic nitrogens is 2. The van der Waals surface area contributed by atoms with Gasteiger partial charge in [-0.05, 0) is 29.8 Å². The fraction of sp³-hybridized carbons (Fsp3) is 0.100. The Morgan fingerprint density at radius 3 is 2.14 bits per heavy atom. The van der Waals surface area contributed by atoms with Gasteiger partial charge >= 0.3 is 0 Å². The van der Waals surface area contributed by atoms with Crippen LogP contribution >= 0.6 is 0 Å². The average Bonchev–Trinajstić information content (AvgIpc) is 2.96. The summed E-state index contributed by atoms with van der Waals surface area (Å²) in [5, 5.41) is 5.03. The van der Waals surface area contributed by atoms with Gasteiger partial charge in [0.25, 0.3) is 5.56 Å². The van der Waals surface area contributed by atoms with Crippen molar-refractivity contribution in [2.45, 2.75) is 6.61 Å². The van der Waals surface area contributed by atoms with Crippen molar-refractivity contribution >= 4 is 17.1 Å². The SMILES string of the molecule is COc1cc(C=Nn2c(-c3ccccc3)nc3ccccc3c2=O)cc(OC)c1OCc1ccccc1. The van der Waals surface area contributed by atoms with Crippen molar-refractivity contribution in [3.63, 3.8) is 0 Å². The maximum Gasteiger partial charge on any atom is 0.282 e. The Kier molecular flexibility index (Phi) is 6.94. The lowest BCUT2D eigenvalue weighted by Crippen LogP contribution is -2.20. The van der Waals surface area contributed by atoms with Crippen molar-refractivity contribution in [2.24, 2.45) is 5.10 Å². The Bertz CT molecular complexity index is 1590. The molecular weight excluding hydrogens is 466 g/mol. The molecule has 0 unspecified atom stereocenters. The predicted molar refractivity (Wildman–Crippen MR) is 145 cm³/mol. The molecule has 0 saturated carbocycles. The fourth-order valence-corrected chi connectivity index (χ4v) is 3.98. The van der Waals surface area contributed by atoms with Gasteiger partial charge in [0.2, 0.25) is 5.75 Å². The molecule has 4 aromatic carbocycles. The molecule has 1 aromatic heterocycles. The molecule has 0 aliphatic carbocycles. The number of para-hydroxylation sites is 1. The Hall–Kier alpha value is -4.91. The van der Waals surface area contributed by atoms with Gasteiger partial charge in [0.05, 0.1) is 31.3 Å². The van der Waals surface area contributed by atoms with Gasteiger partial charge in [-0.3, -0.25) is 4.79 Å². The predicted octanol–water partition coefficient (Wildman–Crippen LogP) is 5.54. The number of hydrogen-bond donors (Lipinski definition) is 0. The minimum atomic E-state index is -0.262. The highest BCUT2D eigenvalue weighted by molar-refractivity contribution is 5.83. The number of ether oxygens (including phenoxy) is 3. The summed E-state index contributed by atoms with van der Waals surface area (Å²) in [6.07, 6.45) is 1.58. The molecule has 0 aliphatic rings. The molecular formula is C30H25N3O4. The van der Waals surface area contributed by atoms with Crippen molar-refractivity contribution < 1.29 is 14.2 Å². The van der Waals surface area contributed by atoms with E-state index in [4.69, 9.17) is 19.2 Å². The van der Waals surface area contributed by atoms with Crippen LogP contribution < -0.4 is 19.8 Å². The lowest BCUT2D eigenvalue weighted by atomic mass is 10.2. The molecule has 7 nitrogen and oxygen atoms in total. The van der Waals surface area contributed by atoms with Crippen molar-refractivity contribution in [3.05, 3.63) is 119 Å². The minimum absolute atomic E-state index is 0.262. The van der Waals surface area contributed by atoms with Gasteiger partial charge in [0.1, 0.15) is 6.61 Å². The van der Waals surface area contributed by atoms with Crippen LogP contribution in [0.1, 0.15) is 11.1 Å². The molecule has 0 amide bonds. The van der Waals surface area contributed by atoms with Crippen LogP contribution in [0.4, 0.5) is 0 Å². The summed E-state index contributed by atoms with van der Waals surface area (Å²) < 4.78 is 18.5. The Morgan fingerprint density at radius 1 is 0.838 bits per heavy atom. The Labute approximate surface area is 214 Å². The standard InChI is InChI=1S/C30H25N3O4/c1-35-26-17-22(18-27(36-2)28(26)37-20-21-11-5-3-6-12-21)19-31-33-29(23-13-7-4-8-14-23)32-25-16-10-9-15-24(25)30(33)34/h3-19H,20H2,1-2H3. The average molecular weight is 492 g/mol. The first-order chi connectivity index (χ1) is 18.2. The van der Waals surface area contributed by atoms with Gasteiger partial charge in [-0.2, -0.15) is 9.78 Å². The molecule has 5 rings (SSSR count). The van der Waals surface area contributed by atoms with E-state index in [1.54, 1.807) is 38.6 Å². The van der Waals surface area contributed by atoms with Crippen LogP contribution in [-0.2, 0) is 6.61 Å². The molecule has 0 bridgehead atoms. The second-order valence-electron chi connectivity index (χ2n) is 8.21. The van der Waals surface area contributed by atoms with E-state index in [0.717, 1.165) is 11.1 Å². The molecule has 0 spiro atoms. The Morgan fingerprint density at radius 2 is 1.46 bits per heavy atom. The van der Waals surface area contributed by atoms with E-state index in [0.29, 0.717) is 46.1 Å². The van der Waals surface area contributed by atoms with E-state index >= 15 is 0 Å². The summed E-state index contributed by atoms with van der Waals surface area (Å²) in [5.74, 6) is 1.91. The second kappa shape index (κ2) is 10.8. The van der Waals surface area contributed by atoms with Gasteiger partial charge in [-0.25, -0.2) is 4.98 Å². The number of nitrogens with zero attached hydrogens (tertiary/aromatic N) is 3. The summed E-state index contributed by atoms with van der Waals surface area (Å²) in [5.41, 5.74) is 2.82. The molecule has 0 atom stereocenters. The zero-order chi connectivity index (χ0) is 25.6. The van der Waals surface area contributed by atoms with E-state index in [1.807, 2.05) is 78.9 Å². The third kappa shape index (κ3) is 5.06. The first-order valence-corrected chi connectivity index (χ1v) is 11.7. The van der Waals surface area contributed by atoms with Crippen molar-refractivity contribution in [1.82, 2.24) is 9.66 Å². The normalized spacial score (nSPS) is 11.1. The summed E-state index contributed by atoms with van der Waals surface area (Å²) in [6.45, 7) is 0.361. The van der Waals surface area contributed by atoms with Crippen LogP contribution in [0.3, 0.4) is 0 Å². The van der Waals surface area contributed by atoms with Crippen molar-refractivity contribution in [1.29, 1.82) is 0 Å². The maximum absolute atomic E-state index is 13.4. The van der Waals surface area contributed by atoms with Crippen LogP contribution in [0.2, 0.25) is 0 Å². The van der Waals surface area contributed by atoms with Crippen molar-refractivity contribution in [2.75, 3.05) is 14.2 Å². The maximum atomic E-state index is 13.4. The van der Waals surface area contributed by atoms with Gasteiger partial charge in [-0.15, -0.1) is 0 Å². The highest BCUT2D eigenvalue weighted by atomic mass is 16.5. The molecule has 5 aromatic rings. The van der Waals surface area contributed by atoms with E-state index in [-0.39, 0.29) is 5.56 Å². The first-order valence-electron chi connectivity index (χ1n) is 11.7. The fourth-order valence-electron chi connectivity index (χ4n) is 3.98. The molecule has 1 heterocycles. The molecule has 0 radical (unpaired) electrons. The van der Waals surface area contributed by atoms with Gasteiger partial charge < -0.3 is 14.2 Å². The number of benzene rings is 4. The molecule has 0 saturated heterocycles. The zero-order valence-corrected chi connectivity index (χ0v) is 20.5. The number of fused-ring (bicyclic) bond motifs is 1. The van der Waals surface area contributed by atoms with Gasteiger partial charge in [0.15, 0.2) is 17.3 Å². The topological polar surface area (TPSA) is 74.9 Å². The van der Waals surface area contributed by atoms with Crippen LogP contribution in [0.15, 0.2) is 107 Å². The largest absolute Gasteiger partial charge is 0.493 e. The summed E-state index contributed by atoms with van der Waals surface area (Å²) in [7, 11) is 3.13. The number of hydrogen-bond acceptors (Lipinski definition) is 6. The second-order valence-corrected chi connectivity index (χ2v) is 8.21. The van der Waals surface area contributed by atoms with Crippen molar-refractivity contribution in [3.8, 4) is 28.6 Å². The molecule has 0 N–H and O–H groups in total. The molecule has 0 aliphatic heterocycles. The highest BCUT2D eigenvalue weighted by Crippen LogP contribution is 2.38. The quantitative estimate of drug-likeness (QED) is 0.266. The third-order valence-corrected chi connectivity index (χ3v) is 5.82. The minimum Gasteiger partial charge on any atom is -0.493 e. The van der Waals surface area contributed by atoms with Crippen LogP contribution in [0.25, 0.3) is 22.3 Å². The van der Waals surface area contributed by atoms with E-state index in [2.05, 4.69) is 5.10 Å². The van der Waals surface area contributed by atoms with Crippen LogP contribution in [-0.4, -0.2) is 30.1 Å². The van der Waals surface area contributed by atoms with Crippen LogP contribution in [0, 0.1) is 0 Å². The smallest absolute Gasteiger partial charge is 0.282 e. The monoisotopic (exact) mass is 491 g/mol. The lowest BCUT2D eigenvalue weighted by Gasteiger charge is -2.15. The number of rotatable bonds is 8. The zero-order valence-electron chi connectivity index (χ0n) is 20.5. The van der Waals surface area contributed by atoms with Gasteiger partial charge in [-0.1, -0.05) is 72.8 Å². The highest BCUT2D eigenvalue weighted by Gasteiger charge is 2.15. The molecule has 37 heavy (non-hydrogen) atoms. The number of methoxy groups -OCH3 is 2.